The first-order chi connectivity index (χ1) is 13.8. The number of ether oxygens (including phenoxy) is 2. The van der Waals surface area contributed by atoms with Crippen LogP contribution in [0.2, 0.25) is 0 Å². The number of guanidine groups is 1. The van der Waals surface area contributed by atoms with Gasteiger partial charge >= 0.3 is 0 Å². The SMILES string of the molecule is CN=C(NCCCNC(=O)c1ccccc1)NCCc1ccc2c(c1)OCO2. The summed E-state index contributed by atoms with van der Waals surface area (Å²) in [5, 5.41) is 9.46. The van der Waals surface area contributed by atoms with E-state index in [9.17, 15) is 4.79 Å². The van der Waals surface area contributed by atoms with Gasteiger partial charge in [0, 0.05) is 32.2 Å². The lowest BCUT2D eigenvalue weighted by molar-refractivity contribution is 0.0953. The number of nitrogens with one attached hydrogen (secondary N) is 3. The van der Waals surface area contributed by atoms with Crippen LogP contribution in [-0.4, -0.2) is 45.3 Å². The predicted octanol–water partition coefficient (Wildman–Crippen LogP) is 1.94. The van der Waals surface area contributed by atoms with Crippen LogP contribution in [0.5, 0.6) is 11.5 Å². The zero-order valence-corrected chi connectivity index (χ0v) is 16.0. The molecule has 0 atom stereocenters. The molecule has 0 aliphatic carbocycles. The Labute approximate surface area is 165 Å². The van der Waals surface area contributed by atoms with E-state index in [-0.39, 0.29) is 5.91 Å². The van der Waals surface area contributed by atoms with Crippen molar-refractivity contribution in [2.75, 3.05) is 33.5 Å². The number of nitrogens with zero attached hydrogens (tertiary/aromatic N) is 1. The maximum Gasteiger partial charge on any atom is 0.251 e. The molecule has 0 saturated heterocycles. The van der Waals surface area contributed by atoms with Gasteiger partial charge in [-0.1, -0.05) is 24.3 Å². The van der Waals surface area contributed by atoms with Gasteiger partial charge in [-0.25, -0.2) is 0 Å². The van der Waals surface area contributed by atoms with Gasteiger partial charge in [-0.3, -0.25) is 9.79 Å². The lowest BCUT2D eigenvalue weighted by Crippen LogP contribution is -2.39. The third-order valence-corrected chi connectivity index (χ3v) is 4.33. The second-order valence-corrected chi connectivity index (χ2v) is 6.34. The number of carbonyl (C=O) groups is 1. The first kappa shape index (κ1) is 19.5. The van der Waals surface area contributed by atoms with Crippen molar-refractivity contribution in [2.24, 2.45) is 4.99 Å². The average Bonchev–Trinajstić information content (AvgIpc) is 3.20. The fourth-order valence-electron chi connectivity index (χ4n) is 2.83. The third-order valence-electron chi connectivity index (χ3n) is 4.33. The molecule has 0 bridgehead atoms. The second kappa shape index (κ2) is 10.2. The predicted molar refractivity (Wildman–Crippen MR) is 109 cm³/mol. The van der Waals surface area contributed by atoms with Crippen LogP contribution in [0, 0.1) is 0 Å². The number of hydrogen-bond acceptors (Lipinski definition) is 4. The molecule has 28 heavy (non-hydrogen) atoms. The summed E-state index contributed by atoms with van der Waals surface area (Å²) in [6, 6.07) is 15.2. The summed E-state index contributed by atoms with van der Waals surface area (Å²) in [5.41, 5.74) is 1.85. The molecule has 7 heteroatoms. The Morgan fingerprint density at radius 1 is 0.964 bits per heavy atom. The normalized spacial score (nSPS) is 12.5. The molecule has 0 fully saturated rings. The summed E-state index contributed by atoms with van der Waals surface area (Å²) < 4.78 is 10.7. The van der Waals surface area contributed by atoms with E-state index in [1.54, 1.807) is 19.2 Å². The van der Waals surface area contributed by atoms with E-state index in [2.05, 4.69) is 20.9 Å². The molecule has 0 radical (unpaired) electrons. The summed E-state index contributed by atoms with van der Waals surface area (Å²) in [6.07, 6.45) is 1.66. The molecule has 3 rings (SSSR count). The van der Waals surface area contributed by atoms with Crippen LogP contribution in [0.1, 0.15) is 22.3 Å². The number of benzene rings is 2. The van der Waals surface area contributed by atoms with Crippen molar-refractivity contribution in [3.63, 3.8) is 0 Å². The van der Waals surface area contributed by atoms with Crippen molar-refractivity contribution < 1.29 is 14.3 Å². The van der Waals surface area contributed by atoms with Crippen LogP contribution in [-0.2, 0) is 6.42 Å². The van der Waals surface area contributed by atoms with Gasteiger partial charge in [0.25, 0.3) is 5.91 Å². The van der Waals surface area contributed by atoms with E-state index >= 15 is 0 Å². The van der Waals surface area contributed by atoms with Crippen LogP contribution >= 0.6 is 0 Å². The monoisotopic (exact) mass is 382 g/mol. The minimum atomic E-state index is -0.0492. The van der Waals surface area contributed by atoms with Gasteiger partial charge < -0.3 is 25.4 Å². The Bertz CT molecular complexity index is 809. The molecular weight excluding hydrogens is 356 g/mol. The van der Waals surface area contributed by atoms with E-state index < -0.39 is 0 Å². The number of rotatable bonds is 8. The van der Waals surface area contributed by atoms with E-state index in [0.29, 0.717) is 18.9 Å². The number of aliphatic imine (C=N–C) groups is 1. The standard InChI is InChI=1S/C21H26N4O3/c1-22-21(24-12-5-11-23-20(26)17-6-3-2-4-7-17)25-13-10-16-8-9-18-19(14-16)28-15-27-18/h2-4,6-9,14H,5,10-13,15H2,1H3,(H,23,26)(H2,22,24,25). The zero-order chi connectivity index (χ0) is 19.6. The van der Waals surface area contributed by atoms with Gasteiger partial charge in [0.1, 0.15) is 0 Å². The molecule has 1 amide bonds. The maximum atomic E-state index is 12.0. The van der Waals surface area contributed by atoms with Gasteiger partial charge in [-0.2, -0.15) is 0 Å². The fraction of sp³-hybridized carbons (Fsp3) is 0.333. The van der Waals surface area contributed by atoms with Gasteiger partial charge in [-0.15, -0.1) is 0 Å². The number of fused-ring (bicyclic) bond motifs is 1. The van der Waals surface area contributed by atoms with E-state index in [0.717, 1.165) is 43.4 Å². The third kappa shape index (κ3) is 5.64. The molecular formula is C21H26N4O3. The van der Waals surface area contributed by atoms with Gasteiger partial charge in [-0.05, 0) is 42.7 Å². The Balaban J connectivity index is 1.30. The summed E-state index contributed by atoms with van der Waals surface area (Å²) in [4.78, 5) is 16.2. The highest BCUT2D eigenvalue weighted by molar-refractivity contribution is 5.94. The van der Waals surface area contributed by atoms with E-state index in [1.807, 2.05) is 36.4 Å². The summed E-state index contributed by atoms with van der Waals surface area (Å²) in [7, 11) is 1.74. The van der Waals surface area contributed by atoms with Crippen molar-refractivity contribution >= 4 is 11.9 Å². The molecule has 0 unspecified atom stereocenters. The molecule has 7 nitrogen and oxygen atoms in total. The van der Waals surface area contributed by atoms with Gasteiger partial charge in [0.05, 0.1) is 0 Å². The number of amides is 1. The number of hydrogen-bond donors (Lipinski definition) is 3. The van der Waals surface area contributed by atoms with Crippen molar-refractivity contribution in [3.8, 4) is 11.5 Å². The topological polar surface area (TPSA) is 84.0 Å². The smallest absolute Gasteiger partial charge is 0.251 e. The fourth-order valence-corrected chi connectivity index (χ4v) is 2.83. The van der Waals surface area contributed by atoms with E-state index in [1.165, 1.54) is 5.56 Å². The molecule has 0 aromatic heterocycles. The first-order valence-electron chi connectivity index (χ1n) is 9.42. The Morgan fingerprint density at radius 3 is 2.54 bits per heavy atom. The molecule has 0 spiro atoms. The highest BCUT2D eigenvalue weighted by Gasteiger charge is 2.12. The second-order valence-electron chi connectivity index (χ2n) is 6.34. The van der Waals surface area contributed by atoms with Gasteiger partial charge in [0.2, 0.25) is 6.79 Å². The van der Waals surface area contributed by atoms with Crippen molar-refractivity contribution in [2.45, 2.75) is 12.8 Å². The molecule has 1 heterocycles. The maximum absolute atomic E-state index is 12.0. The largest absolute Gasteiger partial charge is 0.454 e. The highest BCUT2D eigenvalue weighted by atomic mass is 16.7. The molecule has 3 N–H and O–H groups in total. The lowest BCUT2D eigenvalue weighted by Gasteiger charge is -2.12. The number of carbonyl (C=O) groups excluding carboxylic acids is 1. The quantitative estimate of drug-likeness (QED) is 0.369. The highest BCUT2D eigenvalue weighted by Crippen LogP contribution is 2.32. The minimum Gasteiger partial charge on any atom is -0.454 e. The summed E-state index contributed by atoms with van der Waals surface area (Å²) in [5.74, 6) is 2.30. The molecule has 148 valence electrons. The van der Waals surface area contributed by atoms with E-state index in [4.69, 9.17) is 9.47 Å². The molecule has 2 aromatic rings. The lowest BCUT2D eigenvalue weighted by atomic mass is 10.1. The minimum absolute atomic E-state index is 0.0492. The van der Waals surface area contributed by atoms with Crippen LogP contribution in [0.25, 0.3) is 0 Å². The summed E-state index contributed by atoms with van der Waals surface area (Å²) in [6.45, 7) is 2.37. The van der Waals surface area contributed by atoms with Crippen molar-refractivity contribution in [3.05, 3.63) is 59.7 Å². The average molecular weight is 382 g/mol. The van der Waals surface area contributed by atoms with Crippen molar-refractivity contribution in [1.29, 1.82) is 0 Å². The first-order valence-corrected chi connectivity index (χ1v) is 9.42. The zero-order valence-electron chi connectivity index (χ0n) is 16.0. The van der Waals surface area contributed by atoms with Gasteiger partial charge in [0.15, 0.2) is 17.5 Å². The summed E-state index contributed by atoms with van der Waals surface area (Å²) >= 11 is 0. The van der Waals surface area contributed by atoms with Crippen molar-refractivity contribution in [1.82, 2.24) is 16.0 Å². The van der Waals surface area contributed by atoms with Crippen LogP contribution in [0.15, 0.2) is 53.5 Å². The Morgan fingerprint density at radius 2 is 1.71 bits per heavy atom. The molecule has 2 aromatic carbocycles. The Hall–Kier alpha value is -3.22. The van der Waals surface area contributed by atoms with Crippen LogP contribution < -0.4 is 25.4 Å². The molecule has 1 aliphatic rings. The van der Waals surface area contributed by atoms with Crippen LogP contribution in [0.3, 0.4) is 0 Å². The molecule has 0 saturated carbocycles. The molecule has 1 aliphatic heterocycles. The van der Waals surface area contributed by atoms with Crippen LogP contribution in [0.4, 0.5) is 0 Å². The Kier molecular flexibility index (Phi) is 7.12.